The van der Waals surface area contributed by atoms with E-state index in [0.717, 1.165) is 5.56 Å². The lowest BCUT2D eigenvalue weighted by molar-refractivity contribution is -0.128. The molecule has 0 aliphatic rings. The maximum atomic E-state index is 10.6. The van der Waals surface area contributed by atoms with Crippen molar-refractivity contribution in [2.45, 2.75) is 6.42 Å². The topological polar surface area (TPSA) is 49.3 Å². The molecule has 78 valence electrons. The van der Waals surface area contributed by atoms with Gasteiger partial charge in [0, 0.05) is 6.42 Å². The van der Waals surface area contributed by atoms with Gasteiger partial charge >= 0.3 is 0 Å². The molecule has 1 aromatic rings. The molecule has 0 atom stereocenters. The Morgan fingerprint density at radius 2 is 2.00 bits per heavy atom. The second kappa shape index (κ2) is 6.56. The van der Waals surface area contributed by atoms with Gasteiger partial charge in [0.2, 0.25) is 5.91 Å². The maximum Gasteiger partial charge on any atom is 0.247 e. The fourth-order valence-corrected chi connectivity index (χ4v) is 1.03. The number of amides is 1. The summed E-state index contributed by atoms with van der Waals surface area (Å²) >= 11 is 0. The summed E-state index contributed by atoms with van der Waals surface area (Å²) in [6, 6.07) is 9.86. The van der Waals surface area contributed by atoms with Gasteiger partial charge in [0.05, 0.1) is 0 Å². The zero-order valence-electron chi connectivity index (χ0n) is 8.26. The predicted molar refractivity (Wildman–Crippen MR) is 59.2 cm³/mol. The summed E-state index contributed by atoms with van der Waals surface area (Å²) in [6.07, 6.45) is 7.40. The molecule has 3 nitrogen and oxygen atoms in total. The molecule has 0 radical (unpaired) electrons. The summed E-state index contributed by atoms with van der Waals surface area (Å²) in [5.41, 5.74) is 2.66. The average Bonchev–Trinajstić information content (AvgIpc) is 2.29. The number of carbonyl (C=O) groups is 1. The van der Waals surface area contributed by atoms with E-state index in [1.807, 2.05) is 42.5 Å². The fourth-order valence-electron chi connectivity index (χ4n) is 1.03. The Hall–Kier alpha value is -1.87. The summed E-state index contributed by atoms with van der Waals surface area (Å²) < 4.78 is 0. The summed E-state index contributed by atoms with van der Waals surface area (Å²) in [5.74, 6) is -0.417. The molecule has 0 saturated carbocycles. The van der Waals surface area contributed by atoms with Gasteiger partial charge in [-0.05, 0) is 5.56 Å². The van der Waals surface area contributed by atoms with E-state index in [-0.39, 0.29) is 6.42 Å². The number of carbonyl (C=O) groups excluding carboxylic acids is 1. The van der Waals surface area contributed by atoms with E-state index in [9.17, 15) is 4.79 Å². The van der Waals surface area contributed by atoms with Crippen LogP contribution in [0.2, 0.25) is 0 Å². The van der Waals surface area contributed by atoms with Crippen molar-refractivity contribution in [3.63, 3.8) is 0 Å². The van der Waals surface area contributed by atoms with E-state index in [1.165, 1.54) is 0 Å². The molecule has 1 amide bonds. The fraction of sp³-hybridized carbons (Fsp3) is 0.0833. The predicted octanol–water partition coefficient (Wildman–Crippen LogP) is 2.15. The van der Waals surface area contributed by atoms with Crippen LogP contribution in [0.15, 0.2) is 48.6 Å². The lowest BCUT2D eigenvalue weighted by Crippen LogP contribution is -2.16. The molecule has 0 aliphatic carbocycles. The van der Waals surface area contributed by atoms with Crippen molar-refractivity contribution in [2.75, 3.05) is 0 Å². The van der Waals surface area contributed by atoms with E-state index in [2.05, 4.69) is 0 Å². The van der Waals surface area contributed by atoms with Crippen molar-refractivity contribution in [3.8, 4) is 0 Å². The Morgan fingerprint density at radius 3 is 2.67 bits per heavy atom. The van der Waals surface area contributed by atoms with Gasteiger partial charge in [0.1, 0.15) is 0 Å². The van der Waals surface area contributed by atoms with Crippen molar-refractivity contribution in [2.24, 2.45) is 0 Å². The van der Waals surface area contributed by atoms with E-state index in [1.54, 1.807) is 17.6 Å². The Kier molecular flexibility index (Phi) is 4.90. The van der Waals surface area contributed by atoms with Gasteiger partial charge in [0.25, 0.3) is 0 Å². The molecule has 0 aromatic heterocycles. The van der Waals surface area contributed by atoms with Crippen LogP contribution in [0.4, 0.5) is 0 Å². The molecule has 0 spiro atoms. The average molecular weight is 203 g/mol. The van der Waals surface area contributed by atoms with Crippen LogP contribution < -0.4 is 5.48 Å². The highest BCUT2D eigenvalue weighted by Crippen LogP contribution is 2.00. The number of allylic oxidation sites excluding steroid dienone is 2. The van der Waals surface area contributed by atoms with Crippen molar-refractivity contribution in [1.82, 2.24) is 5.48 Å². The smallest absolute Gasteiger partial charge is 0.247 e. The molecule has 3 heteroatoms. The molecule has 2 N–H and O–H groups in total. The van der Waals surface area contributed by atoms with Crippen LogP contribution in [-0.2, 0) is 4.79 Å². The molecule has 1 aromatic carbocycles. The van der Waals surface area contributed by atoms with E-state index >= 15 is 0 Å². The van der Waals surface area contributed by atoms with Crippen molar-refractivity contribution < 1.29 is 10.0 Å². The molecular weight excluding hydrogens is 190 g/mol. The third-order valence-corrected chi connectivity index (χ3v) is 1.76. The normalized spacial score (nSPS) is 11.0. The zero-order chi connectivity index (χ0) is 10.9. The number of hydrogen-bond acceptors (Lipinski definition) is 2. The highest BCUT2D eigenvalue weighted by Gasteiger charge is 1.90. The summed E-state index contributed by atoms with van der Waals surface area (Å²) in [7, 11) is 0. The SMILES string of the molecule is O=C(CC=CC=Cc1ccccc1)NO. The minimum atomic E-state index is -0.417. The van der Waals surface area contributed by atoms with Crippen LogP contribution in [-0.4, -0.2) is 11.1 Å². The lowest BCUT2D eigenvalue weighted by Gasteiger charge is -1.90. The van der Waals surface area contributed by atoms with Crippen molar-refractivity contribution in [1.29, 1.82) is 0 Å². The van der Waals surface area contributed by atoms with Gasteiger partial charge in [-0.3, -0.25) is 10.0 Å². The minimum absolute atomic E-state index is 0.176. The molecule has 0 bridgehead atoms. The molecular formula is C12H13NO2. The standard InChI is InChI=1S/C12H13NO2/c14-12(13-15)10-6-2-5-9-11-7-3-1-4-8-11/h1-9,15H,10H2,(H,13,14). The molecule has 0 heterocycles. The van der Waals surface area contributed by atoms with Crippen LogP contribution in [0.5, 0.6) is 0 Å². The number of rotatable bonds is 4. The second-order valence-corrected chi connectivity index (χ2v) is 2.94. The highest BCUT2D eigenvalue weighted by molar-refractivity contribution is 5.76. The van der Waals surface area contributed by atoms with Crippen LogP contribution >= 0.6 is 0 Å². The Bertz CT molecular complexity index is 355. The first-order valence-electron chi connectivity index (χ1n) is 4.64. The number of hydroxylamine groups is 1. The van der Waals surface area contributed by atoms with E-state index < -0.39 is 5.91 Å². The van der Waals surface area contributed by atoms with Crippen molar-refractivity contribution in [3.05, 3.63) is 54.1 Å². The van der Waals surface area contributed by atoms with Gasteiger partial charge in [-0.1, -0.05) is 54.6 Å². The monoisotopic (exact) mass is 203 g/mol. The van der Waals surface area contributed by atoms with Crippen LogP contribution in [0, 0.1) is 0 Å². The maximum absolute atomic E-state index is 10.6. The summed E-state index contributed by atoms with van der Waals surface area (Å²) in [6.45, 7) is 0. The molecule has 0 saturated heterocycles. The first-order valence-corrected chi connectivity index (χ1v) is 4.64. The van der Waals surface area contributed by atoms with Crippen LogP contribution in [0.1, 0.15) is 12.0 Å². The van der Waals surface area contributed by atoms with Gasteiger partial charge in [0.15, 0.2) is 0 Å². The van der Waals surface area contributed by atoms with Gasteiger partial charge < -0.3 is 0 Å². The molecule has 0 fully saturated rings. The quantitative estimate of drug-likeness (QED) is 0.447. The molecule has 15 heavy (non-hydrogen) atoms. The Balaban J connectivity index is 2.37. The highest BCUT2D eigenvalue weighted by atomic mass is 16.5. The summed E-state index contributed by atoms with van der Waals surface area (Å²) in [5, 5.41) is 8.22. The van der Waals surface area contributed by atoms with Gasteiger partial charge in [-0.2, -0.15) is 0 Å². The first kappa shape index (κ1) is 11.2. The lowest BCUT2D eigenvalue weighted by atomic mass is 10.2. The first-order chi connectivity index (χ1) is 7.33. The number of hydrogen-bond donors (Lipinski definition) is 2. The molecule has 1 rings (SSSR count). The minimum Gasteiger partial charge on any atom is -0.289 e. The second-order valence-electron chi connectivity index (χ2n) is 2.94. The number of benzene rings is 1. The summed E-state index contributed by atoms with van der Waals surface area (Å²) in [4.78, 5) is 10.6. The third-order valence-electron chi connectivity index (χ3n) is 1.76. The molecule has 0 unspecified atom stereocenters. The third kappa shape index (κ3) is 4.78. The Labute approximate surface area is 88.7 Å². The van der Waals surface area contributed by atoms with Crippen LogP contribution in [0.3, 0.4) is 0 Å². The van der Waals surface area contributed by atoms with Gasteiger partial charge in [-0.15, -0.1) is 0 Å². The van der Waals surface area contributed by atoms with Gasteiger partial charge in [-0.25, -0.2) is 5.48 Å². The van der Waals surface area contributed by atoms with Crippen LogP contribution in [0.25, 0.3) is 6.08 Å². The number of nitrogens with one attached hydrogen (secondary N) is 1. The zero-order valence-corrected chi connectivity index (χ0v) is 8.26. The largest absolute Gasteiger partial charge is 0.289 e. The van der Waals surface area contributed by atoms with E-state index in [0.29, 0.717) is 0 Å². The Morgan fingerprint density at radius 1 is 1.27 bits per heavy atom. The van der Waals surface area contributed by atoms with E-state index in [4.69, 9.17) is 5.21 Å². The van der Waals surface area contributed by atoms with Crippen molar-refractivity contribution >= 4 is 12.0 Å². The molecule has 0 aliphatic heterocycles.